The summed E-state index contributed by atoms with van der Waals surface area (Å²) in [4.78, 5) is 12.6. The topological polar surface area (TPSA) is 66.5 Å². The molecular formula is C20H24ClFN2O3S. The summed E-state index contributed by atoms with van der Waals surface area (Å²) in [6.45, 7) is 2.15. The third-order valence-corrected chi connectivity index (χ3v) is 5.70. The molecule has 0 aliphatic carbocycles. The van der Waals surface area contributed by atoms with Crippen molar-refractivity contribution >= 4 is 33.2 Å². The minimum Gasteiger partial charge on any atom is -0.354 e. The van der Waals surface area contributed by atoms with E-state index in [4.69, 9.17) is 11.6 Å². The zero-order valence-electron chi connectivity index (χ0n) is 15.9. The summed E-state index contributed by atoms with van der Waals surface area (Å²) >= 11 is 5.86. The number of carbonyl (C=O) groups excluding carboxylic acids is 1. The van der Waals surface area contributed by atoms with Crippen molar-refractivity contribution < 1.29 is 17.6 Å². The summed E-state index contributed by atoms with van der Waals surface area (Å²) in [6, 6.07) is 11.6. The predicted molar refractivity (Wildman–Crippen MR) is 111 cm³/mol. The molecular weight excluding hydrogens is 403 g/mol. The molecule has 152 valence electrons. The smallest absolute Gasteiger partial charge is 0.243 e. The van der Waals surface area contributed by atoms with Gasteiger partial charge in [-0.25, -0.2) is 12.8 Å². The number of hydrogen-bond donors (Lipinski definition) is 1. The second-order valence-electron chi connectivity index (χ2n) is 6.48. The lowest BCUT2D eigenvalue weighted by Gasteiger charge is -2.30. The number of anilines is 1. The first-order chi connectivity index (χ1) is 13.2. The number of benzene rings is 2. The second kappa shape index (κ2) is 9.89. The fourth-order valence-electron chi connectivity index (χ4n) is 2.92. The van der Waals surface area contributed by atoms with Gasteiger partial charge in [0.1, 0.15) is 11.9 Å². The maximum absolute atomic E-state index is 13.2. The SMILES string of the molecule is CC[C@@H](C(=O)NCCCc1ccc(Cl)cc1)N(c1ccc(F)cc1)S(C)(=O)=O. The quantitative estimate of drug-likeness (QED) is 0.620. The summed E-state index contributed by atoms with van der Waals surface area (Å²) in [6.07, 6.45) is 2.79. The molecule has 1 amide bonds. The standard InChI is InChI=1S/C20H24ClFN2O3S/c1-3-19(24(28(2,26)27)18-12-10-17(22)11-13-18)20(25)23-14-4-5-15-6-8-16(21)9-7-15/h6-13,19H,3-5,14H2,1-2H3,(H,23,25)/t19-/m0/s1. The number of amides is 1. The zero-order chi connectivity index (χ0) is 20.7. The van der Waals surface area contributed by atoms with Gasteiger partial charge in [0.2, 0.25) is 15.9 Å². The van der Waals surface area contributed by atoms with E-state index < -0.39 is 21.9 Å². The highest BCUT2D eigenvalue weighted by molar-refractivity contribution is 7.92. The Morgan fingerprint density at radius 2 is 1.75 bits per heavy atom. The Labute approximate surface area is 170 Å². The van der Waals surface area contributed by atoms with Crippen LogP contribution in [0.3, 0.4) is 0 Å². The van der Waals surface area contributed by atoms with E-state index in [1.807, 2.05) is 24.3 Å². The number of sulfonamides is 1. The highest BCUT2D eigenvalue weighted by atomic mass is 35.5. The Balaban J connectivity index is 2.02. The van der Waals surface area contributed by atoms with Gasteiger partial charge in [-0.3, -0.25) is 9.10 Å². The molecule has 0 radical (unpaired) electrons. The molecule has 0 spiro atoms. The van der Waals surface area contributed by atoms with E-state index in [0.717, 1.165) is 22.5 Å². The van der Waals surface area contributed by atoms with E-state index in [2.05, 4.69) is 5.32 Å². The summed E-state index contributed by atoms with van der Waals surface area (Å²) < 4.78 is 38.9. The maximum Gasteiger partial charge on any atom is 0.243 e. The van der Waals surface area contributed by atoms with Gasteiger partial charge in [-0.1, -0.05) is 30.7 Å². The van der Waals surface area contributed by atoms with Gasteiger partial charge in [-0.05, 0) is 61.2 Å². The molecule has 0 heterocycles. The van der Waals surface area contributed by atoms with Crippen molar-refractivity contribution in [2.45, 2.75) is 32.2 Å². The van der Waals surface area contributed by atoms with Crippen LogP contribution in [0.1, 0.15) is 25.3 Å². The van der Waals surface area contributed by atoms with Crippen molar-refractivity contribution in [1.29, 1.82) is 0 Å². The van der Waals surface area contributed by atoms with E-state index in [1.54, 1.807) is 6.92 Å². The summed E-state index contributed by atoms with van der Waals surface area (Å²) in [7, 11) is -3.73. The van der Waals surface area contributed by atoms with Crippen molar-refractivity contribution in [2.75, 3.05) is 17.1 Å². The molecule has 8 heteroatoms. The Kier molecular flexibility index (Phi) is 7.83. The van der Waals surface area contributed by atoms with E-state index in [9.17, 15) is 17.6 Å². The molecule has 0 unspecified atom stereocenters. The Hall–Kier alpha value is -2.12. The molecule has 0 saturated heterocycles. The van der Waals surface area contributed by atoms with Crippen LogP contribution in [0, 0.1) is 5.82 Å². The lowest BCUT2D eigenvalue weighted by Crippen LogP contribution is -2.49. The van der Waals surface area contributed by atoms with Gasteiger partial charge in [0.15, 0.2) is 0 Å². The molecule has 2 rings (SSSR count). The number of nitrogens with zero attached hydrogens (tertiary/aromatic N) is 1. The molecule has 0 fully saturated rings. The molecule has 0 saturated carbocycles. The minimum absolute atomic E-state index is 0.257. The van der Waals surface area contributed by atoms with Crippen LogP contribution in [0.4, 0.5) is 10.1 Å². The van der Waals surface area contributed by atoms with Gasteiger partial charge in [0, 0.05) is 11.6 Å². The van der Waals surface area contributed by atoms with Gasteiger partial charge in [0.25, 0.3) is 0 Å². The maximum atomic E-state index is 13.2. The Morgan fingerprint density at radius 3 is 2.29 bits per heavy atom. The number of hydrogen-bond acceptors (Lipinski definition) is 3. The fraction of sp³-hybridized carbons (Fsp3) is 0.350. The molecule has 2 aromatic rings. The normalized spacial score (nSPS) is 12.4. The van der Waals surface area contributed by atoms with Crippen molar-refractivity contribution in [1.82, 2.24) is 5.32 Å². The molecule has 0 bridgehead atoms. The average Bonchev–Trinajstić information content (AvgIpc) is 2.64. The predicted octanol–water partition coefficient (Wildman–Crippen LogP) is 3.77. The second-order valence-corrected chi connectivity index (χ2v) is 8.78. The summed E-state index contributed by atoms with van der Waals surface area (Å²) in [5.74, 6) is -0.856. The minimum atomic E-state index is -3.73. The Morgan fingerprint density at radius 1 is 1.14 bits per heavy atom. The molecule has 0 aliphatic rings. The molecule has 0 aromatic heterocycles. The van der Waals surface area contributed by atoms with Crippen molar-refractivity contribution in [3.8, 4) is 0 Å². The van der Waals surface area contributed by atoms with Crippen LogP contribution in [0.2, 0.25) is 5.02 Å². The lowest BCUT2D eigenvalue weighted by atomic mass is 10.1. The number of rotatable bonds is 9. The summed E-state index contributed by atoms with van der Waals surface area (Å²) in [5, 5.41) is 3.47. The van der Waals surface area contributed by atoms with E-state index in [1.165, 1.54) is 24.3 Å². The zero-order valence-corrected chi connectivity index (χ0v) is 17.4. The van der Waals surface area contributed by atoms with E-state index in [-0.39, 0.29) is 18.0 Å². The highest BCUT2D eigenvalue weighted by Crippen LogP contribution is 2.22. The van der Waals surface area contributed by atoms with E-state index in [0.29, 0.717) is 18.0 Å². The number of nitrogens with one attached hydrogen (secondary N) is 1. The number of halogens is 2. The van der Waals surface area contributed by atoms with Crippen LogP contribution >= 0.6 is 11.6 Å². The molecule has 5 nitrogen and oxygen atoms in total. The first-order valence-electron chi connectivity index (χ1n) is 8.99. The lowest BCUT2D eigenvalue weighted by molar-refractivity contribution is -0.122. The van der Waals surface area contributed by atoms with Crippen LogP contribution in [0.15, 0.2) is 48.5 Å². The fourth-order valence-corrected chi connectivity index (χ4v) is 4.26. The van der Waals surface area contributed by atoms with Gasteiger partial charge in [-0.15, -0.1) is 0 Å². The summed E-state index contributed by atoms with van der Waals surface area (Å²) in [5.41, 5.74) is 1.36. The highest BCUT2D eigenvalue weighted by Gasteiger charge is 2.31. The molecule has 2 aromatic carbocycles. The van der Waals surface area contributed by atoms with Crippen LogP contribution < -0.4 is 9.62 Å². The van der Waals surface area contributed by atoms with Crippen LogP contribution in [0.5, 0.6) is 0 Å². The van der Waals surface area contributed by atoms with Crippen molar-refractivity contribution in [3.63, 3.8) is 0 Å². The van der Waals surface area contributed by atoms with Crippen LogP contribution in [0.25, 0.3) is 0 Å². The molecule has 28 heavy (non-hydrogen) atoms. The van der Waals surface area contributed by atoms with Crippen LogP contribution in [-0.2, 0) is 21.2 Å². The molecule has 1 atom stereocenters. The average molecular weight is 427 g/mol. The van der Waals surface area contributed by atoms with E-state index >= 15 is 0 Å². The van der Waals surface area contributed by atoms with Crippen LogP contribution in [-0.4, -0.2) is 33.2 Å². The number of aryl methyl sites for hydroxylation is 1. The largest absolute Gasteiger partial charge is 0.354 e. The molecule has 0 aliphatic heterocycles. The third kappa shape index (κ3) is 6.21. The van der Waals surface area contributed by atoms with Gasteiger partial charge < -0.3 is 5.32 Å². The first kappa shape index (κ1) is 22.2. The van der Waals surface area contributed by atoms with Gasteiger partial charge in [0.05, 0.1) is 11.9 Å². The Bertz CT molecular complexity index is 887. The third-order valence-electron chi connectivity index (χ3n) is 4.27. The van der Waals surface area contributed by atoms with Crippen molar-refractivity contribution in [2.24, 2.45) is 0 Å². The molecule has 1 N–H and O–H groups in total. The first-order valence-corrected chi connectivity index (χ1v) is 11.2. The monoisotopic (exact) mass is 426 g/mol. The van der Waals surface area contributed by atoms with Crippen molar-refractivity contribution in [3.05, 3.63) is 64.9 Å². The van der Waals surface area contributed by atoms with Gasteiger partial charge >= 0.3 is 0 Å². The number of carbonyl (C=O) groups is 1. The van der Waals surface area contributed by atoms with Gasteiger partial charge in [-0.2, -0.15) is 0 Å².